The van der Waals surface area contributed by atoms with Crippen molar-refractivity contribution in [2.45, 2.75) is 13.8 Å². The van der Waals surface area contributed by atoms with Gasteiger partial charge in [0.1, 0.15) is 5.82 Å². The van der Waals surface area contributed by atoms with E-state index in [0.29, 0.717) is 0 Å². The Morgan fingerprint density at radius 3 is 2.23 bits per heavy atom. The quantitative estimate of drug-likeness (QED) is 0.648. The highest BCUT2D eigenvalue weighted by Gasteiger charge is 2.08. The Bertz CT molecular complexity index is 410. The van der Waals surface area contributed by atoms with E-state index in [9.17, 15) is 0 Å². The zero-order chi connectivity index (χ0) is 9.42. The summed E-state index contributed by atoms with van der Waals surface area (Å²) in [7, 11) is 1.97. The van der Waals surface area contributed by atoms with E-state index < -0.39 is 0 Å². The van der Waals surface area contributed by atoms with E-state index in [-0.39, 0.29) is 0 Å². The second-order valence-corrected chi connectivity index (χ2v) is 3.25. The second kappa shape index (κ2) is 2.76. The van der Waals surface area contributed by atoms with Crippen molar-refractivity contribution < 1.29 is 0 Å². The fourth-order valence-corrected chi connectivity index (χ4v) is 1.59. The van der Waals surface area contributed by atoms with Crippen molar-refractivity contribution in [3.63, 3.8) is 0 Å². The van der Waals surface area contributed by atoms with Crippen LogP contribution in [0.5, 0.6) is 0 Å². The number of nitrogens with zero attached hydrogens (tertiary/aromatic N) is 3. The zero-order valence-electron chi connectivity index (χ0n) is 8.15. The largest absolute Gasteiger partial charge is 0.309 e. The second-order valence-electron chi connectivity index (χ2n) is 3.25. The summed E-state index contributed by atoms with van der Waals surface area (Å²) in [6.45, 7) is 4.12. The predicted molar refractivity (Wildman–Crippen MR) is 52.0 cm³/mol. The lowest BCUT2D eigenvalue weighted by atomic mass is 10.3. The summed E-state index contributed by atoms with van der Waals surface area (Å²) < 4.78 is 3.99. The molecular formula is C10H13N3. The SMILES string of the molecule is Cc1nn(C)c(-n2cccc2)c1C. The van der Waals surface area contributed by atoms with Gasteiger partial charge in [-0.1, -0.05) is 0 Å². The molecule has 0 atom stereocenters. The van der Waals surface area contributed by atoms with Gasteiger partial charge >= 0.3 is 0 Å². The molecule has 68 valence electrons. The Labute approximate surface area is 77.6 Å². The molecule has 2 rings (SSSR count). The molecule has 0 unspecified atom stereocenters. The summed E-state index contributed by atoms with van der Waals surface area (Å²) in [5, 5.41) is 4.36. The number of hydrogen-bond donors (Lipinski definition) is 0. The van der Waals surface area contributed by atoms with Crippen LogP contribution in [0.3, 0.4) is 0 Å². The molecule has 0 saturated carbocycles. The van der Waals surface area contributed by atoms with E-state index in [4.69, 9.17) is 0 Å². The third-order valence-corrected chi connectivity index (χ3v) is 2.33. The van der Waals surface area contributed by atoms with Crippen LogP contribution in [-0.4, -0.2) is 14.3 Å². The van der Waals surface area contributed by atoms with Gasteiger partial charge in [-0.25, -0.2) is 0 Å². The molecule has 0 bridgehead atoms. The van der Waals surface area contributed by atoms with Gasteiger partial charge < -0.3 is 4.57 Å². The van der Waals surface area contributed by atoms with E-state index in [2.05, 4.69) is 16.6 Å². The first-order chi connectivity index (χ1) is 6.20. The van der Waals surface area contributed by atoms with Crippen molar-refractivity contribution in [3.8, 4) is 5.82 Å². The van der Waals surface area contributed by atoms with Gasteiger partial charge in [0.05, 0.1) is 5.69 Å². The van der Waals surface area contributed by atoms with Gasteiger partial charge in [0, 0.05) is 25.0 Å². The molecule has 0 saturated heterocycles. The van der Waals surface area contributed by atoms with E-state index in [0.717, 1.165) is 11.5 Å². The molecule has 2 aromatic rings. The molecule has 0 fully saturated rings. The Kier molecular flexibility index (Phi) is 1.72. The molecule has 0 amide bonds. The van der Waals surface area contributed by atoms with Gasteiger partial charge in [-0.05, 0) is 26.0 Å². The first kappa shape index (κ1) is 8.10. The van der Waals surface area contributed by atoms with E-state index in [1.54, 1.807) is 0 Å². The van der Waals surface area contributed by atoms with Crippen molar-refractivity contribution in [1.82, 2.24) is 14.3 Å². The molecular weight excluding hydrogens is 162 g/mol. The highest BCUT2D eigenvalue weighted by Crippen LogP contribution is 2.15. The molecule has 0 aromatic carbocycles. The smallest absolute Gasteiger partial charge is 0.137 e. The molecule has 0 spiro atoms. The zero-order valence-corrected chi connectivity index (χ0v) is 8.15. The van der Waals surface area contributed by atoms with Crippen LogP contribution in [0.1, 0.15) is 11.3 Å². The number of hydrogen-bond acceptors (Lipinski definition) is 1. The monoisotopic (exact) mass is 175 g/mol. The van der Waals surface area contributed by atoms with Crippen LogP contribution in [0.25, 0.3) is 5.82 Å². The van der Waals surface area contributed by atoms with Crippen molar-refractivity contribution in [3.05, 3.63) is 35.8 Å². The third-order valence-electron chi connectivity index (χ3n) is 2.33. The van der Waals surface area contributed by atoms with E-state index in [1.807, 2.05) is 43.2 Å². The highest BCUT2D eigenvalue weighted by molar-refractivity contribution is 5.37. The van der Waals surface area contributed by atoms with Crippen molar-refractivity contribution in [1.29, 1.82) is 0 Å². The van der Waals surface area contributed by atoms with E-state index >= 15 is 0 Å². The van der Waals surface area contributed by atoms with Crippen molar-refractivity contribution >= 4 is 0 Å². The Balaban J connectivity index is 2.64. The standard InChI is InChI=1S/C10H13N3/c1-8-9(2)11-12(3)10(8)13-6-4-5-7-13/h4-7H,1-3H3. The normalized spacial score (nSPS) is 10.7. The lowest BCUT2D eigenvalue weighted by Crippen LogP contribution is -2.01. The van der Waals surface area contributed by atoms with Gasteiger partial charge in [0.2, 0.25) is 0 Å². The maximum atomic E-state index is 4.36. The summed E-state index contributed by atoms with van der Waals surface area (Å²) in [4.78, 5) is 0. The topological polar surface area (TPSA) is 22.8 Å². The molecule has 0 N–H and O–H groups in total. The number of aromatic nitrogens is 3. The first-order valence-electron chi connectivity index (χ1n) is 4.33. The van der Waals surface area contributed by atoms with Gasteiger partial charge in [-0.15, -0.1) is 0 Å². The summed E-state index contributed by atoms with van der Waals surface area (Å²) in [5.41, 5.74) is 2.32. The Hall–Kier alpha value is -1.51. The molecule has 3 nitrogen and oxygen atoms in total. The van der Waals surface area contributed by atoms with E-state index in [1.165, 1.54) is 5.56 Å². The molecule has 3 heteroatoms. The lowest BCUT2D eigenvalue weighted by molar-refractivity contribution is 0.723. The van der Waals surface area contributed by atoms with Gasteiger partial charge in [-0.2, -0.15) is 5.10 Å². The summed E-state index contributed by atoms with van der Waals surface area (Å²) >= 11 is 0. The third kappa shape index (κ3) is 1.16. The first-order valence-corrected chi connectivity index (χ1v) is 4.33. The summed E-state index contributed by atoms with van der Waals surface area (Å²) in [6.07, 6.45) is 4.06. The fourth-order valence-electron chi connectivity index (χ4n) is 1.59. The van der Waals surface area contributed by atoms with Crippen LogP contribution < -0.4 is 0 Å². The molecule has 0 aliphatic heterocycles. The minimum atomic E-state index is 1.09. The summed E-state index contributed by atoms with van der Waals surface area (Å²) in [5.74, 6) is 1.14. The Morgan fingerprint density at radius 2 is 1.77 bits per heavy atom. The highest BCUT2D eigenvalue weighted by atomic mass is 15.3. The minimum Gasteiger partial charge on any atom is -0.309 e. The van der Waals surface area contributed by atoms with Crippen molar-refractivity contribution in [2.75, 3.05) is 0 Å². The van der Waals surface area contributed by atoms with Crippen LogP contribution in [0.15, 0.2) is 24.5 Å². The molecule has 2 heterocycles. The predicted octanol–water partition coefficient (Wildman–Crippen LogP) is 1.83. The molecule has 2 aromatic heterocycles. The molecule has 0 radical (unpaired) electrons. The Morgan fingerprint density at radius 1 is 1.15 bits per heavy atom. The van der Waals surface area contributed by atoms with Crippen LogP contribution in [0, 0.1) is 13.8 Å². The average molecular weight is 175 g/mol. The van der Waals surface area contributed by atoms with Crippen molar-refractivity contribution in [2.24, 2.45) is 7.05 Å². The lowest BCUT2D eigenvalue weighted by Gasteiger charge is -2.03. The number of aryl methyl sites for hydroxylation is 2. The molecule has 0 aliphatic rings. The number of rotatable bonds is 1. The molecule has 13 heavy (non-hydrogen) atoms. The van der Waals surface area contributed by atoms with Crippen LogP contribution in [0.2, 0.25) is 0 Å². The van der Waals surface area contributed by atoms with Crippen LogP contribution >= 0.6 is 0 Å². The van der Waals surface area contributed by atoms with Crippen LogP contribution in [0.4, 0.5) is 0 Å². The van der Waals surface area contributed by atoms with Gasteiger partial charge in [-0.3, -0.25) is 4.68 Å². The summed E-state index contributed by atoms with van der Waals surface area (Å²) in [6, 6.07) is 4.03. The average Bonchev–Trinajstić information content (AvgIpc) is 2.63. The fraction of sp³-hybridized carbons (Fsp3) is 0.300. The minimum absolute atomic E-state index is 1.09. The molecule has 0 aliphatic carbocycles. The van der Waals surface area contributed by atoms with Gasteiger partial charge in [0.25, 0.3) is 0 Å². The maximum Gasteiger partial charge on any atom is 0.137 e. The van der Waals surface area contributed by atoms with Crippen LogP contribution in [-0.2, 0) is 7.05 Å². The van der Waals surface area contributed by atoms with Gasteiger partial charge in [0.15, 0.2) is 0 Å². The maximum absolute atomic E-state index is 4.36.